The van der Waals surface area contributed by atoms with Gasteiger partial charge >= 0.3 is 0 Å². The number of para-hydroxylation sites is 2. The average Bonchev–Trinajstić information content (AvgIpc) is 3.89. The number of benzene rings is 7. The third kappa shape index (κ3) is 4.34. The molecule has 3 aliphatic carbocycles. The van der Waals surface area contributed by atoms with Crippen LogP contribution in [0.4, 0.5) is 0 Å². The number of fused-ring (bicyclic) bond motifs is 9. The maximum Gasteiger partial charge on any atom is 0.135 e. The summed E-state index contributed by atoms with van der Waals surface area (Å²) >= 11 is 0. The van der Waals surface area contributed by atoms with E-state index < -0.39 is 0 Å². The number of rotatable bonds is 4. The number of hydrogen-bond donors (Lipinski definition) is 0. The maximum atomic E-state index is 6.13. The van der Waals surface area contributed by atoms with Crippen molar-refractivity contribution in [3.63, 3.8) is 0 Å². The summed E-state index contributed by atoms with van der Waals surface area (Å²) in [5.41, 5.74) is 19.1. The van der Waals surface area contributed by atoms with E-state index in [1.54, 1.807) is 0 Å². The highest BCUT2D eigenvalue weighted by Crippen LogP contribution is 2.52. The van der Waals surface area contributed by atoms with Gasteiger partial charge in [0.1, 0.15) is 11.2 Å². The van der Waals surface area contributed by atoms with Crippen molar-refractivity contribution in [3.05, 3.63) is 198 Å². The maximum absolute atomic E-state index is 6.13. The second-order valence-electron chi connectivity index (χ2n) is 15.1. The molecule has 254 valence electrons. The van der Waals surface area contributed by atoms with Gasteiger partial charge < -0.3 is 8.98 Å². The van der Waals surface area contributed by atoms with Gasteiger partial charge in [-0.25, -0.2) is 0 Å². The molecule has 0 amide bonds. The lowest BCUT2D eigenvalue weighted by Crippen LogP contribution is -2.07. The van der Waals surface area contributed by atoms with Gasteiger partial charge in [-0.3, -0.25) is 0 Å². The average molecular weight is 690 g/mol. The smallest absolute Gasteiger partial charge is 0.135 e. The van der Waals surface area contributed by atoms with Gasteiger partial charge in [-0.05, 0) is 117 Å². The Bertz CT molecular complexity index is 3130. The van der Waals surface area contributed by atoms with E-state index in [9.17, 15) is 0 Å². The zero-order valence-corrected chi connectivity index (χ0v) is 29.7. The van der Waals surface area contributed by atoms with E-state index in [4.69, 9.17) is 4.42 Å². The van der Waals surface area contributed by atoms with Gasteiger partial charge in [0.15, 0.2) is 0 Å². The Morgan fingerprint density at radius 1 is 0.519 bits per heavy atom. The summed E-state index contributed by atoms with van der Waals surface area (Å²) in [5.74, 6) is 0.848. The van der Waals surface area contributed by atoms with Gasteiger partial charge in [-0.2, -0.15) is 0 Å². The highest BCUT2D eigenvalue weighted by atomic mass is 16.3. The first-order valence-electron chi connectivity index (χ1n) is 19.1. The normalized spacial score (nSPS) is 17.1. The standard InChI is InChI=1S/C52H35NO/c1-2-12-40-39(11-1)44-16-8-15-43-38(25-26-45(40)52(43)44)33-21-19-32(20-22-33)34-9-7-10-37(29-34)53-48-17-5-3-13-41(48)46-30-35(23-27-49(46)53)36-24-28-51-47(31-36)42-14-4-6-18-50(42)54-51/h1-15,17-21,23-31,33,44H,16,22H2. The Morgan fingerprint density at radius 2 is 1.31 bits per heavy atom. The molecule has 0 radical (unpaired) electrons. The summed E-state index contributed by atoms with van der Waals surface area (Å²) in [6.45, 7) is 0. The van der Waals surface area contributed by atoms with E-state index in [2.05, 4.69) is 168 Å². The molecule has 12 rings (SSSR count). The highest BCUT2D eigenvalue weighted by molar-refractivity contribution is 6.11. The van der Waals surface area contributed by atoms with Gasteiger partial charge in [0.25, 0.3) is 0 Å². The lowest BCUT2D eigenvalue weighted by Gasteiger charge is -2.25. The first kappa shape index (κ1) is 29.9. The lowest BCUT2D eigenvalue weighted by molar-refractivity contribution is 0.669. The van der Waals surface area contributed by atoms with Crippen LogP contribution in [0.2, 0.25) is 0 Å². The summed E-state index contributed by atoms with van der Waals surface area (Å²) in [5, 5.41) is 4.81. The third-order valence-corrected chi connectivity index (χ3v) is 12.3. The summed E-state index contributed by atoms with van der Waals surface area (Å²) in [6.07, 6.45) is 14.1. The number of aromatic nitrogens is 1. The molecule has 2 atom stereocenters. The van der Waals surface area contributed by atoms with Crippen molar-refractivity contribution >= 4 is 55.4 Å². The van der Waals surface area contributed by atoms with Crippen molar-refractivity contribution in [2.45, 2.75) is 24.7 Å². The molecule has 2 unspecified atom stereocenters. The molecule has 3 aliphatic rings. The minimum atomic E-state index is 0.365. The molecule has 9 aromatic rings. The molecule has 2 nitrogen and oxygen atoms in total. The van der Waals surface area contributed by atoms with Crippen LogP contribution in [0, 0.1) is 0 Å². The molecule has 2 aromatic heterocycles. The van der Waals surface area contributed by atoms with Crippen LogP contribution in [0.25, 0.3) is 83.3 Å². The van der Waals surface area contributed by atoms with Crippen LogP contribution in [0.5, 0.6) is 0 Å². The van der Waals surface area contributed by atoms with E-state index in [1.807, 2.05) is 12.1 Å². The molecule has 54 heavy (non-hydrogen) atoms. The monoisotopic (exact) mass is 689 g/mol. The number of nitrogens with zero attached hydrogens (tertiary/aromatic N) is 1. The van der Waals surface area contributed by atoms with E-state index >= 15 is 0 Å². The van der Waals surface area contributed by atoms with Crippen LogP contribution in [0.3, 0.4) is 0 Å². The molecule has 0 bridgehead atoms. The molecular weight excluding hydrogens is 655 g/mol. The summed E-state index contributed by atoms with van der Waals surface area (Å²) in [6, 6.07) is 53.4. The van der Waals surface area contributed by atoms with Crippen molar-refractivity contribution < 1.29 is 4.42 Å². The second-order valence-corrected chi connectivity index (χ2v) is 15.1. The van der Waals surface area contributed by atoms with Gasteiger partial charge in [0, 0.05) is 39.1 Å². The Hall–Kier alpha value is -6.64. The van der Waals surface area contributed by atoms with Crippen LogP contribution in [-0.2, 0) is 0 Å². The molecule has 0 saturated carbocycles. The minimum absolute atomic E-state index is 0.365. The fraction of sp³-hybridized carbons (Fsp3) is 0.0769. The van der Waals surface area contributed by atoms with E-state index in [0.717, 1.165) is 34.8 Å². The Labute approximate surface area is 313 Å². The van der Waals surface area contributed by atoms with Crippen LogP contribution in [0.1, 0.15) is 52.5 Å². The largest absolute Gasteiger partial charge is 0.456 e. The van der Waals surface area contributed by atoms with Crippen LogP contribution < -0.4 is 0 Å². The van der Waals surface area contributed by atoms with Gasteiger partial charge in [0.05, 0.1) is 11.0 Å². The minimum Gasteiger partial charge on any atom is -0.456 e. The van der Waals surface area contributed by atoms with Crippen molar-refractivity contribution in [1.82, 2.24) is 4.57 Å². The fourth-order valence-corrected chi connectivity index (χ4v) is 9.77. The quantitative estimate of drug-likeness (QED) is 0.180. The van der Waals surface area contributed by atoms with Crippen LogP contribution >= 0.6 is 0 Å². The van der Waals surface area contributed by atoms with Gasteiger partial charge in [-0.15, -0.1) is 0 Å². The molecule has 2 heteroatoms. The molecule has 0 aliphatic heterocycles. The zero-order chi connectivity index (χ0) is 35.3. The van der Waals surface area contributed by atoms with Crippen molar-refractivity contribution in [1.29, 1.82) is 0 Å². The van der Waals surface area contributed by atoms with Gasteiger partial charge in [-0.1, -0.05) is 127 Å². The molecule has 7 aromatic carbocycles. The van der Waals surface area contributed by atoms with Gasteiger partial charge in [0.2, 0.25) is 0 Å². The second kappa shape index (κ2) is 11.4. The fourth-order valence-electron chi connectivity index (χ4n) is 9.77. The van der Waals surface area contributed by atoms with E-state index in [-0.39, 0.29) is 0 Å². The molecule has 2 heterocycles. The Morgan fingerprint density at radius 3 is 2.24 bits per heavy atom. The lowest BCUT2D eigenvalue weighted by atomic mass is 9.79. The SMILES string of the molecule is C1=Cc2c(C3C=CC(c4cccc(-n5c6ccccc6c6cc(-c7ccc8oc9ccccc9c8c7)ccc65)c4)=CC3)ccc3c2C(C1)c1ccccc1-3. The predicted molar refractivity (Wildman–Crippen MR) is 225 cm³/mol. The van der Waals surface area contributed by atoms with E-state index in [0.29, 0.717) is 11.8 Å². The van der Waals surface area contributed by atoms with Crippen LogP contribution in [-0.4, -0.2) is 4.57 Å². The predicted octanol–water partition coefficient (Wildman–Crippen LogP) is 14.0. The van der Waals surface area contributed by atoms with Crippen molar-refractivity contribution in [2.75, 3.05) is 0 Å². The number of hydrogen-bond acceptors (Lipinski definition) is 1. The summed E-state index contributed by atoms with van der Waals surface area (Å²) in [7, 11) is 0. The molecule has 0 fully saturated rings. The summed E-state index contributed by atoms with van der Waals surface area (Å²) in [4.78, 5) is 0. The molecular formula is C52H35NO. The highest BCUT2D eigenvalue weighted by Gasteiger charge is 2.33. The first-order valence-corrected chi connectivity index (χ1v) is 19.1. The molecule has 0 saturated heterocycles. The Kier molecular flexibility index (Phi) is 6.32. The number of furan rings is 1. The summed E-state index contributed by atoms with van der Waals surface area (Å²) < 4.78 is 8.56. The van der Waals surface area contributed by atoms with E-state index in [1.165, 1.54) is 83.1 Å². The van der Waals surface area contributed by atoms with Crippen molar-refractivity contribution in [3.8, 4) is 27.9 Å². The third-order valence-electron chi connectivity index (χ3n) is 12.3. The Balaban J connectivity index is 0.892. The van der Waals surface area contributed by atoms with Crippen LogP contribution in [0.15, 0.2) is 174 Å². The molecule has 0 N–H and O–H groups in total. The van der Waals surface area contributed by atoms with Crippen molar-refractivity contribution in [2.24, 2.45) is 0 Å². The number of allylic oxidation sites excluding steroid dienone is 5. The first-order chi connectivity index (χ1) is 26.8. The molecule has 0 spiro atoms. The zero-order valence-electron chi connectivity index (χ0n) is 29.7. The topological polar surface area (TPSA) is 18.1 Å².